The molecule has 3 N–H and O–H groups in total. The Labute approximate surface area is 144 Å². The van der Waals surface area contributed by atoms with Gasteiger partial charge in [-0.15, -0.1) is 0 Å². The molecule has 0 aliphatic carbocycles. The minimum absolute atomic E-state index is 0.0109. The standard InChI is InChI=1S/C18H19N3O2S/c22-11-14(8-13-4-7-24-12-13)10-21-18(23)16-3-1-2-15(9-16)17-19-5-6-20-17/h1-7,9,12,14,22H,8,10-11H2,(H,19,20)(H,21,23)/t14-/m1/s1. The molecule has 3 aromatic rings. The number of carbonyl (C=O) groups is 1. The lowest BCUT2D eigenvalue weighted by molar-refractivity contribution is 0.0940. The molecule has 0 aliphatic heterocycles. The Morgan fingerprint density at radius 2 is 2.29 bits per heavy atom. The van der Waals surface area contributed by atoms with E-state index in [-0.39, 0.29) is 18.4 Å². The van der Waals surface area contributed by atoms with Gasteiger partial charge in [-0.2, -0.15) is 11.3 Å². The van der Waals surface area contributed by atoms with Gasteiger partial charge in [-0.1, -0.05) is 12.1 Å². The molecule has 124 valence electrons. The van der Waals surface area contributed by atoms with Crippen LogP contribution in [0.15, 0.2) is 53.5 Å². The second kappa shape index (κ2) is 7.90. The third kappa shape index (κ3) is 4.10. The number of hydrogen-bond donors (Lipinski definition) is 3. The van der Waals surface area contributed by atoms with Crippen molar-refractivity contribution in [2.45, 2.75) is 6.42 Å². The smallest absolute Gasteiger partial charge is 0.251 e. The van der Waals surface area contributed by atoms with Crippen molar-refractivity contribution in [3.63, 3.8) is 0 Å². The maximum absolute atomic E-state index is 12.4. The van der Waals surface area contributed by atoms with Gasteiger partial charge in [0.25, 0.3) is 5.91 Å². The fraction of sp³-hybridized carbons (Fsp3) is 0.222. The van der Waals surface area contributed by atoms with Crippen LogP contribution in [0.5, 0.6) is 0 Å². The molecule has 0 saturated heterocycles. The molecule has 24 heavy (non-hydrogen) atoms. The second-order valence-electron chi connectivity index (χ2n) is 5.61. The van der Waals surface area contributed by atoms with E-state index < -0.39 is 0 Å². The summed E-state index contributed by atoms with van der Waals surface area (Å²) in [7, 11) is 0. The first kappa shape index (κ1) is 16.4. The van der Waals surface area contributed by atoms with E-state index in [1.54, 1.807) is 35.9 Å². The van der Waals surface area contributed by atoms with E-state index in [1.807, 2.05) is 23.6 Å². The molecule has 0 fully saturated rings. The Morgan fingerprint density at radius 1 is 1.38 bits per heavy atom. The fourth-order valence-electron chi connectivity index (χ4n) is 2.51. The lowest BCUT2D eigenvalue weighted by atomic mass is 10.0. The van der Waals surface area contributed by atoms with Crippen molar-refractivity contribution < 1.29 is 9.90 Å². The van der Waals surface area contributed by atoms with Gasteiger partial charge < -0.3 is 15.4 Å². The summed E-state index contributed by atoms with van der Waals surface area (Å²) >= 11 is 1.64. The number of aromatic nitrogens is 2. The number of aliphatic hydroxyl groups is 1. The van der Waals surface area contributed by atoms with Gasteiger partial charge in [0.1, 0.15) is 5.82 Å². The number of benzene rings is 1. The highest BCUT2D eigenvalue weighted by atomic mass is 32.1. The minimum Gasteiger partial charge on any atom is -0.396 e. The summed E-state index contributed by atoms with van der Waals surface area (Å²) in [6, 6.07) is 9.36. The lowest BCUT2D eigenvalue weighted by Gasteiger charge is -2.14. The van der Waals surface area contributed by atoms with Gasteiger partial charge in [-0.3, -0.25) is 4.79 Å². The zero-order chi connectivity index (χ0) is 16.8. The van der Waals surface area contributed by atoms with Gasteiger partial charge in [0, 0.05) is 42.6 Å². The van der Waals surface area contributed by atoms with Crippen molar-refractivity contribution in [2.75, 3.05) is 13.2 Å². The second-order valence-corrected chi connectivity index (χ2v) is 6.39. The molecule has 6 heteroatoms. The Bertz CT molecular complexity index is 769. The molecule has 1 aromatic carbocycles. The van der Waals surface area contributed by atoms with Crippen molar-refractivity contribution in [1.82, 2.24) is 15.3 Å². The molecule has 0 spiro atoms. The Morgan fingerprint density at radius 3 is 3.00 bits per heavy atom. The molecule has 0 aliphatic rings. The summed E-state index contributed by atoms with van der Waals surface area (Å²) in [4.78, 5) is 19.6. The van der Waals surface area contributed by atoms with Gasteiger partial charge in [-0.25, -0.2) is 4.98 Å². The summed E-state index contributed by atoms with van der Waals surface area (Å²) < 4.78 is 0. The van der Waals surface area contributed by atoms with Crippen LogP contribution in [0.4, 0.5) is 0 Å². The van der Waals surface area contributed by atoms with Crippen LogP contribution in [0.1, 0.15) is 15.9 Å². The highest BCUT2D eigenvalue weighted by Crippen LogP contribution is 2.16. The number of carbonyl (C=O) groups excluding carboxylic acids is 1. The highest BCUT2D eigenvalue weighted by Gasteiger charge is 2.13. The van der Waals surface area contributed by atoms with E-state index in [4.69, 9.17) is 0 Å². The fourth-order valence-corrected chi connectivity index (χ4v) is 3.19. The number of H-pyrrole nitrogens is 1. The maximum Gasteiger partial charge on any atom is 0.251 e. The van der Waals surface area contributed by atoms with Crippen LogP contribution in [0.2, 0.25) is 0 Å². The number of rotatable bonds is 7. The molecular weight excluding hydrogens is 322 g/mol. The van der Waals surface area contributed by atoms with Crippen molar-refractivity contribution in [2.24, 2.45) is 5.92 Å². The molecule has 2 aromatic heterocycles. The molecule has 5 nitrogen and oxygen atoms in total. The van der Waals surface area contributed by atoms with Crippen LogP contribution in [0.25, 0.3) is 11.4 Å². The third-order valence-electron chi connectivity index (χ3n) is 3.81. The minimum atomic E-state index is -0.146. The summed E-state index contributed by atoms with van der Waals surface area (Å²) in [6.07, 6.45) is 4.18. The Kier molecular flexibility index (Phi) is 5.40. The highest BCUT2D eigenvalue weighted by molar-refractivity contribution is 7.07. The quantitative estimate of drug-likeness (QED) is 0.618. The van der Waals surface area contributed by atoms with E-state index in [1.165, 1.54) is 5.56 Å². The summed E-state index contributed by atoms with van der Waals surface area (Å²) in [5.41, 5.74) is 2.63. The molecule has 3 rings (SSSR count). The molecule has 0 saturated carbocycles. The number of nitrogens with zero attached hydrogens (tertiary/aromatic N) is 1. The Hall–Kier alpha value is -2.44. The summed E-state index contributed by atoms with van der Waals surface area (Å²) in [6.45, 7) is 0.485. The SMILES string of the molecule is O=C(NC[C@H](CO)Cc1ccsc1)c1cccc(-c2ncc[nH]2)c1. The first-order valence-corrected chi connectivity index (χ1v) is 8.70. The number of nitrogens with one attached hydrogen (secondary N) is 2. The van der Waals surface area contributed by atoms with Gasteiger partial charge >= 0.3 is 0 Å². The molecule has 1 atom stereocenters. The first-order chi connectivity index (χ1) is 11.8. The monoisotopic (exact) mass is 341 g/mol. The molecule has 1 amide bonds. The normalized spacial score (nSPS) is 12.0. The number of hydrogen-bond acceptors (Lipinski definition) is 4. The molecule has 0 radical (unpaired) electrons. The van der Waals surface area contributed by atoms with E-state index in [0.717, 1.165) is 17.8 Å². The van der Waals surface area contributed by atoms with Crippen LogP contribution < -0.4 is 5.32 Å². The maximum atomic E-state index is 12.4. The van der Waals surface area contributed by atoms with Crippen molar-refractivity contribution >= 4 is 17.2 Å². The van der Waals surface area contributed by atoms with Crippen molar-refractivity contribution in [3.05, 3.63) is 64.6 Å². The Balaban J connectivity index is 1.61. The van der Waals surface area contributed by atoms with Gasteiger partial charge in [0.2, 0.25) is 0 Å². The number of amides is 1. The van der Waals surface area contributed by atoms with E-state index in [0.29, 0.717) is 12.1 Å². The molecular formula is C18H19N3O2S. The first-order valence-electron chi connectivity index (χ1n) is 7.76. The van der Waals surface area contributed by atoms with Crippen LogP contribution in [-0.2, 0) is 6.42 Å². The molecule has 0 unspecified atom stereocenters. The van der Waals surface area contributed by atoms with Crippen LogP contribution in [0, 0.1) is 5.92 Å². The third-order valence-corrected chi connectivity index (χ3v) is 4.54. The zero-order valence-corrected chi connectivity index (χ0v) is 13.9. The number of aromatic amines is 1. The molecule has 2 heterocycles. The largest absolute Gasteiger partial charge is 0.396 e. The van der Waals surface area contributed by atoms with Gasteiger partial charge in [-0.05, 0) is 40.9 Å². The van der Waals surface area contributed by atoms with Crippen LogP contribution >= 0.6 is 11.3 Å². The predicted molar refractivity (Wildman–Crippen MR) is 95.0 cm³/mol. The lowest BCUT2D eigenvalue weighted by Crippen LogP contribution is -2.31. The van der Waals surface area contributed by atoms with Crippen molar-refractivity contribution in [1.29, 1.82) is 0 Å². The van der Waals surface area contributed by atoms with Crippen molar-refractivity contribution in [3.8, 4) is 11.4 Å². The number of imidazole rings is 1. The number of aliphatic hydroxyl groups excluding tert-OH is 1. The average Bonchev–Trinajstić information content (AvgIpc) is 3.32. The van der Waals surface area contributed by atoms with E-state index in [2.05, 4.69) is 20.7 Å². The van der Waals surface area contributed by atoms with Gasteiger partial charge in [0.15, 0.2) is 0 Å². The summed E-state index contributed by atoms with van der Waals surface area (Å²) in [5, 5.41) is 16.5. The average molecular weight is 341 g/mol. The van der Waals surface area contributed by atoms with E-state index >= 15 is 0 Å². The topological polar surface area (TPSA) is 78.0 Å². The zero-order valence-electron chi connectivity index (χ0n) is 13.1. The van der Waals surface area contributed by atoms with Gasteiger partial charge in [0.05, 0.1) is 0 Å². The number of thiophene rings is 1. The predicted octanol–water partition coefficient (Wildman–Crippen LogP) is 2.72. The summed E-state index contributed by atoms with van der Waals surface area (Å²) in [5.74, 6) is 0.597. The van der Waals surface area contributed by atoms with Crippen LogP contribution in [-0.4, -0.2) is 34.1 Å². The van der Waals surface area contributed by atoms with E-state index in [9.17, 15) is 9.90 Å². The molecule has 0 bridgehead atoms. The van der Waals surface area contributed by atoms with Crippen LogP contribution in [0.3, 0.4) is 0 Å².